The van der Waals surface area contributed by atoms with Gasteiger partial charge < -0.3 is 4.74 Å². The zero-order valence-electron chi connectivity index (χ0n) is 18.2. The zero-order chi connectivity index (χ0) is 25.4. The first kappa shape index (κ1) is 23.9. The van der Waals surface area contributed by atoms with Gasteiger partial charge >= 0.3 is 11.9 Å². The number of ether oxygens (including phenoxy) is 1. The SMILES string of the molecule is O=c1n(Cc2ccc(C(F)(F)F)cc2)nc2c(Oc3ccccc3Cl)c(-c3ccc(Cl)cc3)cnn12. The lowest BCUT2D eigenvalue weighted by atomic mass is 10.1. The Morgan fingerprint density at radius 2 is 1.61 bits per heavy atom. The maximum absolute atomic E-state index is 13.0. The van der Waals surface area contributed by atoms with Crippen molar-refractivity contribution >= 4 is 28.8 Å². The van der Waals surface area contributed by atoms with E-state index in [0.717, 1.165) is 21.3 Å². The molecule has 0 fully saturated rings. The number of benzene rings is 3. The smallest absolute Gasteiger partial charge is 0.416 e. The predicted octanol–water partition coefficient (Wildman–Crippen LogP) is 6.72. The molecule has 0 bridgehead atoms. The highest BCUT2D eigenvalue weighted by atomic mass is 35.5. The van der Waals surface area contributed by atoms with Gasteiger partial charge in [0.1, 0.15) is 5.75 Å². The van der Waals surface area contributed by atoms with Gasteiger partial charge in [0, 0.05) is 10.6 Å². The van der Waals surface area contributed by atoms with Crippen molar-refractivity contribution < 1.29 is 17.9 Å². The second-order valence-electron chi connectivity index (χ2n) is 7.80. The molecule has 36 heavy (non-hydrogen) atoms. The highest BCUT2D eigenvalue weighted by molar-refractivity contribution is 6.32. The lowest BCUT2D eigenvalue weighted by molar-refractivity contribution is -0.137. The van der Waals surface area contributed by atoms with E-state index in [4.69, 9.17) is 27.9 Å². The van der Waals surface area contributed by atoms with Gasteiger partial charge in [-0.1, -0.05) is 59.6 Å². The minimum atomic E-state index is -4.45. The third-order valence-corrected chi connectivity index (χ3v) is 5.95. The summed E-state index contributed by atoms with van der Waals surface area (Å²) in [5.41, 5.74) is 0.445. The van der Waals surface area contributed by atoms with Crippen molar-refractivity contribution in [2.75, 3.05) is 0 Å². The Hall–Kier alpha value is -3.82. The summed E-state index contributed by atoms with van der Waals surface area (Å²) < 4.78 is 47.0. The minimum Gasteiger partial charge on any atom is -0.451 e. The van der Waals surface area contributed by atoms with E-state index in [1.165, 1.54) is 18.3 Å². The molecular formula is C25H15Cl2F3N4O2. The molecule has 0 saturated carbocycles. The molecule has 0 spiro atoms. The Morgan fingerprint density at radius 3 is 2.28 bits per heavy atom. The Balaban J connectivity index is 1.62. The minimum absolute atomic E-state index is 0.0673. The van der Waals surface area contributed by atoms with Gasteiger partial charge in [-0.05, 0) is 47.5 Å². The van der Waals surface area contributed by atoms with E-state index in [0.29, 0.717) is 32.5 Å². The van der Waals surface area contributed by atoms with Crippen LogP contribution in [0.15, 0.2) is 83.8 Å². The summed E-state index contributed by atoms with van der Waals surface area (Å²) in [5.74, 6) is 0.566. The molecule has 182 valence electrons. The van der Waals surface area contributed by atoms with E-state index in [1.54, 1.807) is 48.5 Å². The standard InChI is InChI=1S/C25H15Cl2F3N4O2/c26-18-11-7-16(8-12-18)19-13-31-34-23(22(19)36-21-4-2-1-3-20(21)27)32-33(24(34)35)14-15-5-9-17(10-6-15)25(28,29)30/h1-13H,14H2. The molecule has 0 atom stereocenters. The van der Waals surface area contributed by atoms with Crippen LogP contribution in [0.2, 0.25) is 10.0 Å². The van der Waals surface area contributed by atoms with Crippen molar-refractivity contribution in [1.29, 1.82) is 0 Å². The van der Waals surface area contributed by atoms with Crippen LogP contribution in [0, 0.1) is 0 Å². The predicted molar refractivity (Wildman–Crippen MR) is 130 cm³/mol. The van der Waals surface area contributed by atoms with Gasteiger partial charge in [-0.2, -0.15) is 22.8 Å². The first-order valence-electron chi connectivity index (χ1n) is 10.5. The summed E-state index contributed by atoms with van der Waals surface area (Å²) in [6.07, 6.45) is -2.99. The summed E-state index contributed by atoms with van der Waals surface area (Å²) in [7, 11) is 0. The molecule has 2 heterocycles. The summed E-state index contributed by atoms with van der Waals surface area (Å²) in [5, 5.41) is 9.52. The molecule has 3 aromatic carbocycles. The van der Waals surface area contributed by atoms with Gasteiger partial charge in [-0.15, -0.1) is 5.10 Å². The fraction of sp³-hybridized carbons (Fsp3) is 0.0800. The number of para-hydroxylation sites is 1. The van der Waals surface area contributed by atoms with Crippen molar-refractivity contribution in [1.82, 2.24) is 19.4 Å². The van der Waals surface area contributed by atoms with Gasteiger partial charge in [0.15, 0.2) is 5.75 Å². The summed E-state index contributed by atoms with van der Waals surface area (Å²) in [6, 6.07) is 18.3. The zero-order valence-corrected chi connectivity index (χ0v) is 19.7. The van der Waals surface area contributed by atoms with Gasteiger partial charge in [0.05, 0.1) is 23.3 Å². The molecule has 0 unspecified atom stereocenters. The number of alkyl halides is 3. The monoisotopic (exact) mass is 530 g/mol. The van der Waals surface area contributed by atoms with Crippen LogP contribution >= 0.6 is 23.2 Å². The number of hydrogen-bond acceptors (Lipinski definition) is 4. The number of rotatable bonds is 5. The molecule has 0 radical (unpaired) electrons. The van der Waals surface area contributed by atoms with E-state index in [2.05, 4.69) is 10.2 Å². The maximum Gasteiger partial charge on any atom is 0.416 e. The number of halogens is 5. The molecular weight excluding hydrogens is 516 g/mol. The average molecular weight is 531 g/mol. The third kappa shape index (κ3) is 4.67. The molecule has 0 N–H and O–H groups in total. The van der Waals surface area contributed by atoms with Crippen LogP contribution in [0.25, 0.3) is 16.8 Å². The molecule has 5 rings (SSSR count). The largest absolute Gasteiger partial charge is 0.451 e. The summed E-state index contributed by atoms with van der Waals surface area (Å²) in [4.78, 5) is 13.0. The summed E-state index contributed by atoms with van der Waals surface area (Å²) >= 11 is 12.3. The lowest BCUT2D eigenvalue weighted by Gasteiger charge is -2.12. The van der Waals surface area contributed by atoms with E-state index in [-0.39, 0.29) is 17.9 Å². The second kappa shape index (κ2) is 9.33. The van der Waals surface area contributed by atoms with Gasteiger partial charge in [0.2, 0.25) is 5.65 Å². The van der Waals surface area contributed by atoms with Crippen molar-refractivity contribution in [3.63, 3.8) is 0 Å². The molecule has 2 aromatic heterocycles. The van der Waals surface area contributed by atoms with Crippen LogP contribution in [0.1, 0.15) is 11.1 Å². The van der Waals surface area contributed by atoms with Gasteiger partial charge in [-0.25, -0.2) is 9.48 Å². The Bertz CT molecular complexity index is 1610. The van der Waals surface area contributed by atoms with Crippen molar-refractivity contribution in [2.45, 2.75) is 12.7 Å². The topological polar surface area (TPSA) is 61.4 Å². The van der Waals surface area contributed by atoms with Gasteiger partial charge in [0.25, 0.3) is 0 Å². The third-order valence-electron chi connectivity index (χ3n) is 5.39. The van der Waals surface area contributed by atoms with Crippen molar-refractivity contribution in [2.24, 2.45) is 0 Å². The van der Waals surface area contributed by atoms with Gasteiger partial charge in [-0.3, -0.25) is 0 Å². The molecule has 0 aliphatic carbocycles. The lowest BCUT2D eigenvalue weighted by Crippen LogP contribution is -2.23. The highest BCUT2D eigenvalue weighted by Gasteiger charge is 2.30. The first-order chi connectivity index (χ1) is 17.2. The molecule has 0 amide bonds. The van der Waals surface area contributed by atoms with E-state index >= 15 is 0 Å². The van der Waals surface area contributed by atoms with Crippen molar-refractivity contribution in [3.05, 3.63) is 111 Å². The van der Waals surface area contributed by atoms with Crippen LogP contribution in [-0.2, 0) is 12.7 Å². The highest BCUT2D eigenvalue weighted by Crippen LogP contribution is 2.38. The number of aromatic nitrogens is 4. The Morgan fingerprint density at radius 1 is 0.917 bits per heavy atom. The summed E-state index contributed by atoms with van der Waals surface area (Å²) in [6.45, 7) is -0.0673. The van der Waals surface area contributed by atoms with Crippen LogP contribution in [0.4, 0.5) is 13.2 Å². The van der Waals surface area contributed by atoms with E-state index < -0.39 is 17.4 Å². The van der Waals surface area contributed by atoms with Crippen LogP contribution in [-0.4, -0.2) is 19.4 Å². The number of fused-ring (bicyclic) bond motifs is 1. The second-order valence-corrected chi connectivity index (χ2v) is 8.64. The van der Waals surface area contributed by atoms with Crippen molar-refractivity contribution in [3.8, 4) is 22.6 Å². The Kier molecular flexibility index (Phi) is 6.19. The number of nitrogens with zero attached hydrogens (tertiary/aromatic N) is 4. The van der Waals surface area contributed by atoms with E-state index in [1.807, 2.05) is 0 Å². The Labute approximate surface area is 212 Å². The van der Waals surface area contributed by atoms with Crippen LogP contribution in [0.5, 0.6) is 11.5 Å². The number of hydrogen-bond donors (Lipinski definition) is 0. The van der Waals surface area contributed by atoms with Crippen LogP contribution < -0.4 is 10.4 Å². The molecule has 0 saturated heterocycles. The van der Waals surface area contributed by atoms with E-state index in [9.17, 15) is 18.0 Å². The fourth-order valence-corrected chi connectivity index (χ4v) is 3.89. The molecule has 6 nitrogen and oxygen atoms in total. The maximum atomic E-state index is 13.0. The molecule has 5 aromatic rings. The molecule has 11 heteroatoms. The molecule has 0 aliphatic heterocycles. The normalized spacial score (nSPS) is 11.7. The fourth-order valence-electron chi connectivity index (χ4n) is 3.59. The first-order valence-corrected chi connectivity index (χ1v) is 11.3. The van der Waals surface area contributed by atoms with Crippen LogP contribution in [0.3, 0.4) is 0 Å². The molecule has 0 aliphatic rings. The quantitative estimate of drug-likeness (QED) is 0.253. The average Bonchev–Trinajstić information content (AvgIpc) is 3.16.